The van der Waals surface area contributed by atoms with E-state index in [0.717, 1.165) is 0 Å². The minimum absolute atomic E-state index is 0.0336. The zero-order valence-corrected chi connectivity index (χ0v) is 9.98. The van der Waals surface area contributed by atoms with E-state index in [0.29, 0.717) is 16.9 Å². The third kappa shape index (κ3) is 2.45. The van der Waals surface area contributed by atoms with Gasteiger partial charge in [-0.05, 0) is 36.1 Å². The molecule has 1 aromatic heterocycles. The minimum Gasteiger partial charge on any atom is -0.399 e. The van der Waals surface area contributed by atoms with Crippen LogP contribution in [0.15, 0.2) is 29.0 Å². The van der Waals surface area contributed by atoms with Crippen LogP contribution in [-0.2, 0) is 0 Å². The Morgan fingerprint density at radius 2 is 2.24 bits per heavy atom. The predicted molar refractivity (Wildman–Crippen MR) is 67.8 cm³/mol. The van der Waals surface area contributed by atoms with Gasteiger partial charge in [0.1, 0.15) is 5.82 Å². The molecular weight excluding hydrogens is 239 g/mol. The van der Waals surface area contributed by atoms with E-state index in [4.69, 9.17) is 5.73 Å². The van der Waals surface area contributed by atoms with E-state index in [1.54, 1.807) is 18.4 Å². The lowest BCUT2D eigenvalue weighted by molar-refractivity contribution is 0.102. The number of nitrogen functional groups attached to an aromatic ring is 1. The molecule has 0 atom stereocenters. The number of carbonyl (C=O) groups excluding carboxylic acids is 1. The lowest BCUT2D eigenvalue weighted by atomic mass is 10.1. The molecule has 0 unspecified atom stereocenters. The van der Waals surface area contributed by atoms with Crippen LogP contribution in [0.3, 0.4) is 0 Å². The average molecular weight is 250 g/mol. The molecule has 3 N–H and O–H groups in total. The maximum absolute atomic E-state index is 13.7. The van der Waals surface area contributed by atoms with Gasteiger partial charge in [0.15, 0.2) is 0 Å². The summed E-state index contributed by atoms with van der Waals surface area (Å²) in [6, 6.07) is 4.58. The van der Waals surface area contributed by atoms with Crippen LogP contribution in [0.4, 0.5) is 15.8 Å². The number of nitrogens with one attached hydrogen (secondary N) is 1. The van der Waals surface area contributed by atoms with Gasteiger partial charge in [0.05, 0.1) is 11.3 Å². The topological polar surface area (TPSA) is 55.1 Å². The Labute approximate surface area is 102 Å². The van der Waals surface area contributed by atoms with Crippen molar-refractivity contribution in [2.75, 3.05) is 11.1 Å². The number of hydrogen-bond acceptors (Lipinski definition) is 3. The fraction of sp³-hybridized carbons (Fsp3) is 0.0833. The Balaban J connectivity index is 2.31. The van der Waals surface area contributed by atoms with Crippen LogP contribution in [0.25, 0.3) is 0 Å². The first-order valence-corrected chi connectivity index (χ1v) is 5.91. The number of carbonyl (C=O) groups is 1. The van der Waals surface area contributed by atoms with Gasteiger partial charge in [-0.25, -0.2) is 4.39 Å². The Bertz CT molecular complexity index is 552. The van der Waals surface area contributed by atoms with E-state index in [2.05, 4.69) is 5.32 Å². The van der Waals surface area contributed by atoms with E-state index >= 15 is 0 Å². The van der Waals surface area contributed by atoms with Gasteiger partial charge in [-0.1, -0.05) is 0 Å². The zero-order chi connectivity index (χ0) is 12.4. The lowest BCUT2D eigenvalue weighted by Gasteiger charge is -2.07. The van der Waals surface area contributed by atoms with Crippen LogP contribution in [-0.4, -0.2) is 5.91 Å². The summed E-state index contributed by atoms with van der Waals surface area (Å²) < 4.78 is 13.7. The molecule has 88 valence electrons. The Morgan fingerprint density at radius 1 is 1.47 bits per heavy atom. The molecule has 0 aliphatic carbocycles. The molecule has 3 nitrogen and oxygen atoms in total. The van der Waals surface area contributed by atoms with Crippen molar-refractivity contribution in [3.63, 3.8) is 0 Å². The van der Waals surface area contributed by atoms with Crippen molar-refractivity contribution in [3.05, 3.63) is 45.9 Å². The molecule has 0 saturated carbocycles. The highest BCUT2D eigenvalue weighted by molar-refractivity contribution is 7.08. The number of aryl methyl sites for hydroxylation is 1. The van der Waals surface area contributed by atoms with Gasteiger partial charge in [-0.2, -0.15) is 11.3 Å². The molecule has 2 aromatic rings. The molecule has 17 heavy (non-hydrogen) atoms. The first kappa shape index (κ1) is 11.6. The van der Waals surface area contributed by atoms with Crippen molar-refractivity contribution in [3.8, 4) is 0 Å². The zero-order valence-electron chi connectivity index (χ0n) is 9.16. The smallest absolute Gasteiger partial charge is 0.258 e. The summed E-state index contributed by atoms with van der Waals surface area (Å²) in [4.78, 5) is 11.8. The van der Waals surface area contributed by atoms with Gasteiger partial charge in [-0.15, -0.1) is 0 Å². The van der Waals surface area contributed by atoms with Crippen LogP contribution < -0.4 is 11.1 Å². The molecular formula is C12H11FN2OS. The van der Waals surface area contributed by atoms with E-state index in [1.165, 1.54) is 23.5 Å². The highest BCUT2D eigenvalue weighted by Crippen LogP contribution is 2.19. The molecule has 0 fully saturated rings. The third-order valence-corrected chi connectivity index (χ3v) is 2.98. The fourth-order valence-electron chi connectivity index (χ4n) is 1.50. The lowest BCUT2D eigenvalue weighted by Crippen LogP contribution is -2.14. The minimum atomic E-state index is -0.535. The summed E-state index contributed by atoms with van der Waals surface area (Å²) >= 11 is 1.45. The fourth-order valence-corrected chi connectivity index (χ4v) is 2.08. The number of anilines is 2. The van der Waals surface area contributed by atoms with Crippen molar-refractivity contribution in [1.29, 1.82) is 0 Å². The van der Waals surface area contributed by atoms with Crippen LogP contribution in [0, 0.1) is 12.7 Å². The molecule has 0 aliphatic heterocycles. The van der Waals surface area contributed by atoms with Crippen LogP contribution in [0.5, 0.6) is 0 Å². The predicted octanol–water partition coefficient (Wildman–Crippen LogP) is 3.03. The first-order chi connectivity index (χ1) is 8.08. The highest BCUT2D eigenvalue weighted by atomic mass is 32.1. The van der Waals surface area contributed by atoms with Gasteiger partial charge < -0.3 is 11.1 Å². The van der Waals surface area contributed by atoms with Gasteiger partial charge in [0.2, 0.25) is 0 Å². The summed E-state index contributed by atoms with van der Waals surface area (Å²) in [5.41, 5.74) is 6.95. The van der Waals surface area contributed by atoms with Gasteiger partial charge in [-0.3, -0.25) is 4.79 Å². The Morgan fingerprint density at radius 3 is 2.88 bits per heavy atom. The first-order valence-electron chi connectivity index (χ1n) is 4.97. The van der Waals surface area contributed by atoms with Crippen LogP contribution in [0.2, 0.25) is 0 Å². The second kappa shape index (κ2) is 4.55. The monoisotopic (exact) mass is 250 g/mol. The molecule has 0 aliphatic rings. The summed E-state index contributed by atoms with van der Waals surface area (Å²) in [5, 5.41) is 6.21. The second-order valence-corrected chi connectivity index (χ2v) is 4.45. The van der Waals surface area contributed by atoms with Crippen molar-refractivity contribution >= 4 is 28.6 Å². The van der Waals surface area contributed by atoms with E-state index < -0.39 is 11.7 Å². The number of hydrogen-bond donors (Lipinski definition) is 2. The quantitative estimate of drug-likeness (QED) is 0.805. The Hall–Kier alpha value is -1.88. The second-order valence-electron chi connectivity index (χ2n) is 3.67. The molecule has 1 aromatic carbocycles. The average Bonchev–Trinajstić information content (AvgIpc) is 2.76. The number of rotatable bonds is 2. The Kier molecular flexibility index (Phi) is 3.10. The SMILES string of the molecule is Cc1cc(N)cc(C(=O)Nc2ccsc2)c1F. The number of amides is 1. The molecule has 0 bridgehead atoms. The van der Waals surface area contributed by atoms with E-state index in [9.17, 15) is 9.18 Å². The van der Waals surface area contributed by atoms with E-state index in [1.807, 2.05) is 5.38 Å². The largest absolute Gasteiger partial charge is 0.399 e. The van der Waals surface area contributed by atoms with Crippen LogP contribution >= 0.6 is 11.3 Å². The number of halogens is 1. The van der Waals surface area contributed by atoms with Crippen molar-refractivity contribution in [2.24, 2.45) is 0 Å². The maximum Gasteiger partial charge on any atom is 0.258 e. The summed E-state index contributed by atoms with van der Waals surface area (Å²) in [7, 11) is 0. The van der Waals surface area contributed by atoms with Crippen LogP contribution in [0.1, 0.15) is 15.9 Å². The molecule has 1 heterocycles. The molecule has 0 saturated heterocycles. The summed E-state index contributed by atoms with van der Waals surface area (Å²) in [6.45, 7) is 1.58. The molecule has 1 amide bonds. The van der Waals surface area contributed by atoms with Crippen molar-refractivity contribution in [2.45, 2.75) is 6.92 Å². The van der Waals surface area contributed by atoms with Gasteiger partial charge >= 0.3 is 0 Å². The summed E-state index contributed by atoms with van der Waals surface area (Å²) in [5.74, 6) is -1.02. The van der Waals surface area contributed by atoms with Crippen molar-refractivity contribution in [1.82, 2.24) is 0 Å². The number of benzene rings is 1. The molecule has 0 radical (unpaired) electrons. The standard InChI is InChI=1S/C12H11FN2OS/c1-7-4-8(14)5-10(11(7)13)12(16)15-9-2-3-17-6-9/h2-6H,14H2,1H3,(H,15,16). The summed E-state index contributed by atoms with van der Waals surface area (Å²) in [6.07, 6.45) is 0. The number of nitrogens with two attached hydrogens (primary N) is 1. The molecule has 5 heteroatoms. The normalized spacial score (nSPS) is 10.2. The number of thiophene rings is 1. The third-order valence-electron chi connectivity index (χ3n) is 2.30. The molecule has 0 spiro atoms. The van der Waals surface area contributed by atoms with Gasteiger partial charge in [0.25, 0.3) is 5.91 Å². The molecule has 2 rings (SSSR count). The highest BCUT2D eigenvalue weighted by Gasteiger charge is 2.14. The maximum atomic E-state index is 13.7. The van der Waals surface area contributed by atoms with Gasteiger partial charge in [0, 0.05) is 11.1 Å². The van der Waals surface area contributed by atoms with E-state index in [-0.39, 0.29) is 5.56 Å². The van der Waals surface area contributed by atoms with Crippen molar-refractivity contribution < 1.29 is 9.18 Å².